The Morgan fingerprint density at radius 1 is 1.14 bits per heavy atom. The second-order valence-corrected chi connectivity index (χ2v) is 6.67. The Labute approximate surface area is 163 Å². The molecule has 0 aromatic heterocycles. The first-order chi connectivity index (χ1) is 13.6. The molecule has 0 amide bonds. The first kappa shape index (κ1) is 19.3. The molecule has 9 nitrogen and oxygen atoms in total. The van der Waals surface area contributed by atoms with Crippen molar-refractivity contribution in [2.45, 2.75) is 50.5 Å². The fourth-order valence-electron chi connectivity index (χ4n) is 3.87. The van der Waals surface area contributed by atoms with Crippen molar-refractivity contribution in [2.75, 3.05) is 20.3 Å². The van der Waals surface area contributed by atoms with Crippen LogP contribution in [0.4, 0.5) is 0 Å². The quantitative estimate of drug-likeness (QED) is 0.677. The van der Waals surface area contributed by atoms with Gasteiger partial charge in [0.25, 0.3) is 5.60 Å². The molecule has 0 aliphatic carbocycles. The fraction of sp³-hybridized carbons (Fsp3) is 0.579. The number of esters is 1. The Hall–Kier alpha value is -2.04. The van der Waals surface area contributed by atoms with Gasteiger partial charge in [0.15, 0.2) is 12.6 Å². The van der Waals surface area contributed by atoms with Gasteiger partial charge in [-0.1, -0.05) is 18.2 Å². The molecule has 3 heterocycles. The van der Waals surface area contributed by atoms with Crippen LogP contribution in [0.15, 0.2) is 35.3 Å². The maximum atomic E-state index is 13.0. The molecule has 0 N–H and O–H groups in total. The van der Waals surface area contributed by atoms with Crippen LogP contribution in [0.3, 0.4) is 0 Å². The van der Waals surface area contributed by atoms with E-state index in [9.17, 15) is 4.79 Å². The van der Waals surface area contributed by atoms with Crippen molar-refractivity contribution in [1.29, 1.82) is 0 Å². The van der Waals surface area contributed by atoms with Gasteiger partial charge in [0.2, 0.25) is 11.6 Å². The number of aliphatic imine (C=N–C) groups is 1. The molecule has 0 saturated carbocycles. The Bertz CT molecular complexity index is 758. The number of benzene rings is 1. The monoisotopic (exact) mass is 392 g/mol. The van der Waals surface area contributed by atoms with Gasteiger partial charge >= 0.3 is 5.97 Å². The maximum Gasteiger partial charge on any atom is 0.354 e. The highest BCUT2D eigenvalue weighted by Gasteiger charge is 2.75. The number of hydrogen-bond acceptors (Lipinski definition) is 9. The van der Waals surface area contributed by atoms with Gasteiger partial charge in [-0.25, -0.2) is 19.5 Å². The predicted molar refractivity (Wildman–Crippen MR) is 95.6 cm³/mol. The largest absolute Gasteiger partial charge is 0.466 e. The summed E-state index contributed by atoms with van der Waals surface area (Å²) in [5, 5.41) is 1.20. The topological polar surface area (TPSA) is 88.1 Å². The smallest absolute Gasteiger partial charge is 0.354 e. The van der Waals surface area contributed by atoms with Crippen molar-refractivity contribution in [1.82, 2.24) is 5.23 Å². The number of carbonyl (C=O) groups is 1. The molecule has 152 valence electrons. The van der Waals surface area contributed by atoms with Crippen LogP contribution in [0.1, 0.15) is 32.3 Å². The molecule has 1 spiro atoms. The van der Waals surface area contributed by atoms with Crippen LogP contribution in [0.2, 0.25) is 0 Å². The van der Waals surface area contributed by atoms with Crippen molar-refractivity contribution in [2.24, 2.45) is 4.99 Å². The predicted octanol–water partition coefficient (Wildman–Crippen LogP) is 1.77. The van der Waals surface area contributed by atoms with E-state index in [1.165, 1.54) is 12.3 Å². The molecule has 0 bridgehead atoms. The van der Waals surface area contributed by atoms with E-state index in [4.69, 9.17) is 33.6 Å². The minimum atomic E-state index is -1.49. The molecule has 4 atom stereocenters. The summed E-state index contributed by atoms with van der Waals surface area (Å²) in [4.78, 5) is 29.5. The van der Waals surface area contributed by atoms with E-state index < -0.39 is 29.8 Å². The Balaban J connectivity index is 1.81. The average Bonchev–Trinajstić information content (AvgIpc) is 3.23. The van der Waals surface area contributed by atoms with Crippen molar-refractivity contribution < 1.29 is 33.4 Å². The van der Waals surface area contributed by atoms with Crippen molar-refractivity contribution in [3.05, 3.63) is 35.9 Å². The van der Waals surface area contributed by atoms with Crippen LogP contribution >= 0.6 is 0 Å². The summed E-state index contributed by atoms with van der Waals surface area (Å²) < 4.78 is 22.6. The lowest BCUT2D eigenvalue weighted by atomic mass is 9.82. The summed E-state index contributed by atoms with van der Waals surface area (Å²) in [6.45, 7) is 4.53. The fourth-order valence-corrected chi connectivity index (χ4v) is 3.87. The molecular weight excluding hydrogens is 368 g/mol. The number of ether oxygens (including phenoxy) is 4. The summed E-state index contributed by atoms with van der Waals surface area (Å²) in [6.07, 6.45) is -1.06. The number of carbonyl (C=O) groups excluding carboxylic acids is 1. The third kappa shape index (κ3) is 2.82. The molecule has 3 aliphatic rings. The summed E-state index contributed by atoms with van der Waals surface area (Å²) in [5.74, 6) is -0.251. The van der Waals surface area contributed by atoms with Crippen LogP contribution in [-0.2, 0) is 33.4 Å². The molecule has 28 heavy (non-hydrogen) atoms. The first-order valence-electron chi connectivity index (χ1n) is 9.38. The average molecular weight is 392 g/mol. The molecule has 2 saturated heterocycles. The number of hydroxylamine groups is 2. The zero-order chi connectivity index (χ0) is 19.8. The molecule has 1 aromatic rings. The van der Waals surface area contributed by atoms with E-state index in [1.54, 1.807) is 0 Å². The lowest BCUT2D eigenvalue weighted by Crippen LogP contribution is -2.68. The van der Waals surface area contributed by atoms with Gasteiger partial charge in [-0.05, 0) is 31.2 Å². The van der Waals surface area contributed by atoms with Gasteiger partial charge in [0, 0.05) is 25.2 Å². The molecule has 0 unspecified atom stereocenters. The Morgan fingerprint density at radius 3 is 2.39 bits per heavy atom. The van der Waals surface area contributed by atoms with Gasteiger partial charge in [-0.15, -0.1) is 0 Å². The molecule has 0 radical (unpaired) electrons. The lowest BCUT2D eigenvalue weighted by Gasteiger charge is -2.46. The van der Waals surface area contributed by atoms with E-state index in [2.05, 4.69) is 0 Å². The first-order valence-corrected chi connectivity index (χ1v) is 9.38. The zero-order valence-corrected chi connectivity index (χ0v) is 16.1. The molecular formula is C19H24N2O7. The number of rotatable bonds is 6. The summed E-state index contributed by atoms with van der Waals surface area (Å²) in [6, 6.07) is 9.36. The summed E-state index contributed by atoms with van der Waals surface area (Å²) >= 11 is 0. The van der Waals surface area contributed by atoms with E-state index in [0.717, 1.165) is 5.56 Å². The van der Waals surface area contributed by atoms with E-state index in [1.807, 2.05) is 44.2 Å². The van der Waals surface area contributed by atoms with Crippen LogP contribution in [0.5, 0.6) is 0 Å². The summed E-state index contributed by atoms with van der Waals surface area (Å²) in [7, 11) is 1.32. The van der Waals surface area contributed by atoms with Crippen molar-refractivity contribution in [3.8, 4) is 0 Å². The Kier molecular flexibility index (Phi) is 5.11. The number of hydrogen-bond donors (Lipinski definition) is 0. The SMILES string of the molecule is CCO[C@H]1C[C@]23N=C(c4ccccc4)O[C@@]2(C(=O)OC)C[C@@H](OCC)ON3O1. The van der Waals surface area contributed by atoms with Gasteiger partial charge in [0.05, 0.1) is 13.5 Å². The maximum absolute atomic E-state index is 13.0. The highest BCUT2D eigenvalue weighted by atomic mass is 17.0. The minimum Gasteiger partial charge on any atom is -0.466 e. The molecule has 1 aromatic carbocycles. The van der Waals surface area contributed by atoms with Crippen LogP contribution in [0, 0.1) is 0 Å². The second kappa shape index (κ2) is 7.41. The van der Waals surface area contributed by atoms with Crippen LogP contribution in [-0.4, -0.2) is 61.3 Å². The van der Waals surface area contributed by atoms with E-state index in [-0.39, 0.29) is 12.8 Å². The molecule has 3 aliphatic heterocycles. The molecule has 9 heteroatoms. The third-order valence-electron chi connectivity index (χ3n) is 5.08. The minimum absolute atomic E-state index is 0.103. The van der Waals surface area contributed by atoms with Gasteiger partial charge < -0.3 is 18.9 Å². The highest BCUT2D eigenvalue weighted by Crippen LogP contribution is 2.54. The van der Waals surface area contributed by atoms with Crippen LogP contribution in [0.25, 0.3) is 0 Å². The van der Waals surface area contributed by atoms with E-state index in [0.29, 0.717) is 19.1 Å². The van der Waals surface area contributed by atoms with E-state index >= 15 is 0 Å². The van der Waals surface area contributed by atoms with Gasteiger partial charge in [-0.3, -0.25) is 0 Å². The number of methoxy groups -OCH3 is 1. The second-order valence-electron chi connectivity index (χ2n) is 6.67. The normalized spacial score (nSPS) is 34.3. The van der Waals surface area contributed by atoms with Crippen molar-refractivity contribution in [3.63, 3.8) is 0 Å². The third-order valence-corrected chi connectivity index (χ3v) is 5.08. The van der Waals surface area contributed by atoms with Crippen LogP contribution < -0.4 is 0 Å². The Morgan fingerprint density at radius 2 is 1.79 bits per heavy atom. The van der Waals surface area contributed by atoms with Gasteiger partial charge in [0.1, 0.15) is 0 Å². The van der Waals surface area contributed by atoms with Gasteiger partial charge in [-0.2, -0.15) is 0 Å². The summed E-state index contributed by atoms with van der Waals surface area (Å²) in [5.41, 5.74) is -2.03. The lowest BCUT2D eigenvalue weighted by molar-refractivity contribution is -0.478. The van der Waals surface area contributed by atoms with Crippen molar-refractivity contribution >= 4 is 11.9 Å². The standard InChI is InChI=1S/C19H24N2O7/c1-4-24-14-11-18(17(22)23-3)19(12-15(25-5-2)28-21(19)27-14)20-16(26-18)13-9-7-6-8-10-13/h6-10,14-15H,4-5,11-12H2,1-3H3/t14-,15+,18+,19+/m0/s1. The number of nitrogens with zero attached hydrogens (tertiary/aromatic N) is 2. The zero-order valence-electron chi connectivity index (χ0n) is 16.1. The molecule has 2 fully saturated rings. The highest BCUT2D eigenvalue weighted by molar-refractivity contribution is 6.00. The molecule has 4 rings (SSSR count).